The Morgan fingerprint density at radius 1 is 1.33 bits per heavy atom. The molecule has 0 unspecified atom stereocenters. The number of rotatable bonds is 6. The fourth-order valence-corrected chi connectivity index (χ4v) is 2.85. The number of aromatic nitrogens is 3. The molecule has 1 aromatic carbocycles. The number of carbonyl (C=O) groups excluding carboxylic acids is 1. The Morgan fingerprint density at radius 3 is 2.59 bits per heavy atom. The van der Waals surface area contributed by atoms with E-state index in [1.807, 2.05) is 0 Å². The van der Waals surface area contributed by atoms with Crippen LogP contribution in [0.15, 0.2) is 30.5 Å². The summed E-state index contributed by atoms with van der Waals surface area (Å²) in [7, 11) is 0. The highest BCUT2D eigenvalue weighted by molar-refractivity contribution is 5.86. The fraction of sp³-hybridized carbons (Fsp3) is 0.500. The number of hydrogen-bond acceptors (Lipinski definition) is 5. The second-order valence-electron chi connectivity index (χ2n) is 7.01. The second-order valence-corrected chi connectivity index (χ2v) is 7.01. The number of nitrogens with zero attached hydrogens (tertiary/aromatic N) is 4. The van der Waals surface area contributed by atoms with E-state index in [0.29, 0.717) is 5.69 Å². The molecule has 0 aliphatic carbocycles. The van der Waals surface area contributed by atoms with Gasteiger partial charge in [0.15, 0.2) is 0 Å². The molecule has 2 aromatic rings. The van der Waals surface area contributed by atoms with Crippen molar-refractivity contribution in [3.63, 3.8) is 0 Å². The molecule has 1 aliphatic rings. The minimum atomic E-state index is -3.68. The number of benzene rings is 1. The van der Waals surface area contributed by atoms with Crippen LogP contribution in [0.4, 0.5) is 8.78 Å². The van der Waals surface area contributed by atoms with Crippen molar-refractivity contribution < 1.29 is 23.4 Å². The van der Waals surface area contributed by atoms with Crippen molar-refractivity contribution in [3.8, 4) is 5.75 Å². The first-order valence-corrected chi connectivity index (χ1v) is 8.68. The zero-order valence-corrected chi connectivity index (χ0v) is 15.4. The maximum Gasteiger partial charge on any atom is 0.353 e. The van der Waals surface area contributed by atoms with E-state index in [0.717, 1.165) is 4.90 Å². The van der Waals surface area contributed by atoms with Crippen LogP contribution in [0.3, 0.4) is 0 Å². The highest BCUT2D eigenvalue weighted by Gasteiger charge is 2.49. The van der Waals surface area contributed by atoms with E-state index < -0.39 is 23.0 Å². The molecule has 1 saturated heterocycles. The van der Waals surface area contributed by atoms with Crippen LogP contribution in [0.2, 0.25) is 0 Å². The molecule has 1 fully saturated rings. The quantitative estimate of drug-likeness (QED) is 0.830. The van der Waals surface area contributed by atoms with Crippen LogP contribution in [-0.2, 0) is 16.3 Å². The first-order valence-electron chi connectivity index (χ1n) is 8.68. The molecule has 2 heterocycles. The Kier molecular flexibility index (Phi) is 4.90. The maximum absolute atomic E-state index is 14.8. The first kappa shape index (κ1) is 19.2. The Morgan fingerprint density at radius 2 is 2.00 bits per heavy atom. The lowest BCUT2D eigenvalue weighted by atomic mass is 10.0. The van der Waals surface area contributed by atoms with Gasteiger partial charge in [0.05, 0.1) is 24.4 Å². The highest BCUT2D eigenvalue weighted by atomic mass is 19.3. The number of carbonyl (C=O) groups is 1. The van der Waals surface area contributed by atoms with Crippen molar-refractivity contribution in [3.05, 3.63) is 41.7 Å². The number of alkyl halides is 2. The summed E-state index contributed by atoms with van der Waals surface area (Å²) >= 11 is 0. The van der Waals surface area contributed by atoms with Crippen molar-refractivity contribution in [1.82, 2.24) is 19.9 Å². The minimum absolute atomic E-state index is 0.00141. The summed E-state index contributed by atoms with van der Waals surface area (Å²) in [4.78, 5) is 13.5. The van der Waals surface area contributed by atoms with E-state index in [4.69, 9.17) is 4.74 Å². The number of aliphatic hydroxyl groups is 1. The Hall–Kier alpha value is -2.55. The van der Waals surface area contributed by atoms with E-state index in [2.05, 4.69) is 10.3 Å². The van der Waals surface area contributed by atoms with Gasteiger partial charge in [-0.2, -0.15) is 8.78 Å². The van der Waals surface area contributed by atoms with Crippen molar-refractivity contribution in [1.29, 1.82) is 0 Å². The molecule has 1 aromatic heterocycles. The van der Waals surface area contributed by atoms with Crippen LogP contribution in [0.25, 0.3) is 0 Å². The monoisotopic (exact) mass is 380 g/mol. The molecule has 146 valence electrons. The highest BCUT2D eigenvalue weighted by Crippen LogP contribution is 2.38. The minimum Gasteiger partial charge on any atom is -0.493 e. The number of likely N-dealkylation sites (tertiary alicyclic amines) is 1. The first-order chi connectivity index (χ1) is 12.6. The molecule has 1 N–H and O–H groups in total. The van der Waals surface area contributed by atoms with E-state index in [9.17, 15) is 18.7 Å². The van der Waals surface area contributed by atoms with Gasteiger partial charge in [-0.15, -0.1) is 5.10 Å². The van der Waals surface area contributed by atoms with Gasteiger partial charge in [-0.05, 0) is 32.9 Å². The SMILES string of the molecule is CCOc1ccccc1C(F)(F)C(=O)N1CC(n2cc(C(C)(C)O)nn2)C1. The van der Waals surface area contributed by atoms with Gasteiger partial charge in [-0.25, -0.2) is 4.68 Å². The third kappa shape index (κ3) is 3.64. The normalized spacial score (nSPS) is 15.6. The number of halogens is 2. The predicted molar refractivity (Wildman–Crippen MR) is 92.4 cm³/mol. The van der Waals surface area contributed by atoms with Gasteiger partial charge in [-0.3, -0.25) is 4.79 Å². The topological polar surface area (TPSA) is 80.5 Å². The summed E-state index contributed by atoms with van der Waals surface area (Å²) in [6.07, 6.45) is 1.56. The summed E-state index contributed by atoms with van der Waals surface area (Å²) in [6, 6.07) is 5.40. The maximum atomic E-state index is 14.8. The summed E-state index contributed by atoms with van der Waals surface area (Å²) in [5, 5.41) is 17.7. The van der Waals surface area contributed by atoms with E-state index in [-0.39, 0.29) is 31.5 Å². The van der Waals surface area contributed by atoms with Gasteiger partial charge in [0, 0.05) is 13.1 Å². The molecule has 0 radical (unpaired) electrons. The van der Waals surface area contributed by atoms with Crippen LogP contribution < -0.4 is 4.74 Å². The van der Waals surface area contributed by atoms with E-state index in [1.54, 1.807) is 33.0 Å². The smallest absolute Gasteiger partial charge is 0.353 e. The van der Waals surface area contributed by atoms with Crippen molar-refractivity contribution in [2.75, 3.05) is 19.7 Å². The van der Waals surface area contributed by atoms with Crippen molar-refractivity contribution in [2.24, 2.45) is 0 Å². The largest absolute Gasteiger partial charge is 0.493 e. The summed E-state index contributed by atoms with van der Waals surface area (Å²) < 4.78 is 36.2. The molecule has 3 rings (SSSR count). The van der Waals surface area contributed by atoms with Gasteiger partial charge >= 0.3 is 5.92 Å². The molecule has 27 heavy (non-hydrogen) atoms. The molecule has 0 spiro atoms. The zero-order chi connectivity index (χ0) is 19.8. The molecular weight excluding hydrogens is 358 g/mol. The van der Waals surface area contributed by atoms with Crippen LogP contribution in [0.5, 0.6) is 5.75 Å². The third-order valence-electron chi connectivity index (χ3n) is 4.45. The van der Waals surface area contributed by atoms with Crippen LogP contribution in [0.1, 0.15) is 38.1 Å². The molecule has 1 amide bonds. The summed E-state index contributed by atoms with van der Waals surface area (Å²) in [6.45, 7) is 5.27. The molecule has 7 nitrogen and oxygen atoms in total. The predicted octanol–water partition coefficient (Wildman–Crippen LogP) is 2.08. The number of ether oxygens (including phenoxy) is 1. The van der Waals surface area contributed by atoms with Gasteiger partial charge < -0.3 is 14.7 Å². The molecule has 9 heteroatoms. The Balaban J connectivity index is 1.70. The average Bonchev–Trinajstić information content (AvgIpc) is 3.04. The Bertz CT molecular complexity index is 826. The standard InChI is InChI=1S/C18H22F2N4O3/c1-4-27-14-8-6-5-7-13(14)18(19,20)16(25)23-9-12(10-23)24-11-15(21-22-24)17(2,3)26/h5-8,11-12,26H,4,9-10H2,1-3H3. The number of para-hydroxylation sites is 1. The van der Waals surface area contributed by atoms with Gasteiger partial charge in [0.1, 0.15) is 17.0 Å². The van der Waals surface area contributed by atoms with E-state index in [1.165, 1.54) is 22.9 Å². The zero-order valence-electron chi connectivity index (χ0n) is 15.4. The van der Waals surface area contributed by atoms with Crippen molar-refractivity contribution in [2.45, 2.75) is 38.3 Å². The lowest BCUT2D eigenvalue weighted by molar-refractivity contribution is -0.165. The lowest BCUT2D eigenvalue weighted by Crippen LogP contribution is -2.55. The van der Waals surface area contributed by atoms with Crippen LogP contribution in [0, 0.1) is 0 Å². The fourth-order valence-electron chi connectivity index (χ4n) is 2.85. The van der Waals surface area contributed by atoms with E-state index >= 15 is 0 Å². The summed E-state index contributed by atoms with van der Waals surface area (Å²) in [5.74, 6) is -4.95. The molecule has 0 bridgehead atoms. The molecule has 1 aliphatic heterocycles. The van der Waals surface area contributed by atoms with Gasteiger partial charge in [-0.1, -0.05) is 17.3 Å². The van der Waals surface area contributed by atoms with Gasteiger partial charge in [0.25, 0.3) is 5.91 Å². The molecule has 0 atom stereocenters. The van der Waals surface area contributed by atoms with Crippen LogP contribution >= 0.6 is 0 Å². The average molecular weight is 380 g/mol. The molecule has 0 saturated carbocycles. The molecular formula is C18H22F2N4O3. The van der Waals surface area contributed by atoms with Crippen LogP contribution in [-0.4, -0.2) is 50.6 Å². The second kappa shape index (κ2) is 6.88. The number of hydrogen-bond donors (Lipinski definition) is 1. The third-order valence-corrected chi connectivity index (χ3v) is 4.45. The van der Waals surface area contributed by atoms with Crippen molar-refractivity contribution >= 4 is 5.91 Å². The summed E-state index contributed by atoms with van der Waals surface area (Å²) in [5.41, 5.74) is -1.21. The Labute approximate surface area is 155 Å². The number of amides is 1. The van der Waals surface area contributed by atoms with Gasteiger partial charge in [0.2, 0.25) is 0 Å². The lowest BCUT2D eigenvalue weighted by Gasteiger charge is -2.40.